The van der Waals surface area contributed by atoms with Gasteiger partial charge in [0.1, 0.15) is 30.5 Å². The summed E-state index contributed by atoms with van der Waals surface area (Å²) < 4.78 is 5.69. The Kier molecular flexibility index (Phi) is 6.12. The third kappa shape index (κ3) is 4.07. The lowest BCUT2D eigenvalue weighted by atomic mass is 9.83. The largest absolute Gasteiger partial charge is 0.394 e. The van der Waals surface area contributed by atoms with Crippen LogP contribution in [0.3, 0.4) is 0 Å². The van der Waals surface area contributed by atoms with Crippen LogP contribution in [0, 0.1) is 12.8 Å². The molecule has 5 heteroatoms. The standard InChI is InChI=1S/C20H30O5/c1-12-7-8-14(10-15(12)9-13-5-3-2-4-6-13)20-19(24)18(23)17(22)16(11-21)25-20/h7-8,10,13,16-24H,2-6,9,11H2,1H3. The zero-order valence-electron chi connectivity index (χ0n) is 14.8. The summed E-state index contributed by atoms with van der Waals surface area (Å²) in [6.45, 7) is 1.69. The molecule has 2 aliphatic rings. The Labute approximate surface area is 149 Å². The van der Waals surface area contributed by atoms with Crippen LogP contribution in [0.25, 0.3) is 0 Å². The summed E-state index contributed by atoms with van der Waals surface area (Å²) in [5.41, 5.74) is 3.26. The van der Waals surface area contributed by atoms with E-state index >= 15 is 0 Å². The fraction of sp³-hybridized carbons (Fsp3) is 0.700. The van der Waals surface area contributed by atoms with E-state index in [0.717, 1.165) is 12.0 Å². The fourth-order valence-corrected chi connectivity index (χ4v) is 4.17. The number of hydrogen-bond donors (Lipinski definition) is 4. The fourth-order valence-electron chi connectivity index (χ4n) is 4.17. The van der Waals surface area contributed by atoms with E-state index < -0.39 is 37.1 Å². The molecule has 5 atom stereocenters. The van der Waals surface area contributed by atoms with Gasteiger partial charge in [0.2, 0.25) is 0 Å². The maximum Gasteiger partial charge on any atom is 0.113 e. The number of benzene rings is 1. The third-order valence-corrected chi connectivity index (χ3v) is 5.83. The van der Waals surface area contributed by atoms with E-state index in [1.54, 1.807) is 0 Å². The molecule has 0 spiro atoms. The van der Waals surface area contributed by atoms with E-state index in [-0.39, 0.29) is 0 Å². The number of aliphatic hydroxyl groups excluding tert-OH is 4. The first kappa shape index (κ1) is 18.8. The molecule has 4 N–H and O–H groups in total. The molecular formula is C20H30O5. The van der Waals surface area contributed by atoms with Crippen molar-refractivity contribution in [1.82, 2.24) is 0 Å². The Morgan fingerprint density at radius 2 is 1.72 bits per heavy atom. The van der Waals surface area contributed by atoms with Gasteiger partial charge in [-0.15, -0.1) is 0 Å². The first-order valence-corrected chi connectivity index (χ1v) is 9.41. The van der Waals surface area contributed by atoms with E-state index in [0.29, 0.717) is 5.92 Å². The first-order chi connectivity index (χ1) is 12.0. The van der Waals surface area contributed by atoms with Crippen LogP contribution < -0.4 is 0 Å². The number of rotatable bonds is 4. The average Bonchev–Trinajstić information content (AvgIpc) is 2.63. The first-order valence-electron chi connectivity index (χ1n) is 9.41. The maximum atomic E-state index is 10.3. The Balaban J connectivity index is 1.80. The quantitative estimate of drug-likeness (QED) is 0.663. The van der Waals surface area contributed by atoms with Gasteiger partial charge < -0.3 is 25.2 Å². The van der Waals surface area contributed by atoms with Crippen LogP contribution in [-0.4, -0.2) is 51.4 Å². The van der Waals surface area contributed by atoms with Crippen molar-refractivity contribution in [2.75, 3.05) is 6.61 Å². The molecule has 1 aliphatic carbocycles. The van der Waals surface area contributed by atoms with Crippen LogP contribution in [0.1, 0.15) is 54.9 Å². The highest BCUT2D eigenvalue weighted by molar-refractivity contribution is 5.33. The van der Waals surface area contributed by atoms with Crippen molar-refractivity contribution in [2.45, 2.75) is 76.0 Å². The zero-order chi connectivity index (χ0) is 18.0. The minimum atomic E-state index is -1.33. The van der Waals surface area contributed by atoms with Crippen LogP contribution in [0.15, 0.2) is 18.2 Å². The molecule has 0 radical (unpaired) electrons. The van der Waals surface area contributed by atoms with Crippen molar-refractivity contribution < 1.29 is 25.2 Å². The van der Waals surface area contributed by atoms with Crippen LogP contribution in [-0.2, 0) is 11.2 Å². The summed E-state index contributed by atoms with van der Waals surface area (Å²) in [6, 6.07) is 5.97. The van der Waals surface area contributed by atoms with Crippen LogP contribution in [0.4, 0.5) is 0 Å². The van der Waals surface area contributed by atoms with Gasteiger partial charge in [-0.25, -0.2) is 0 Å². The minimum Gasteiger partial charge on any atom is -0.394 e. The molecule has 0 amide bonds. The number of ether oxygens (including phenoxy) is 1. The number of aryl methyl sites for hydroxylation is 1. The molecule has 5 nitrogen and oxygen atoms in total. The molecule has 2 fully saturated rings. The monoisotopic (exact) mass is 350 g/mol. The van der Waals surface area contributed by atoms with Gasteiger partial charge in [0.25, 0.3) is 0 Å². The minimum absolute atomic E-state index is 0.401. The molecule has 1 heterocycles. The molecule has 1 saturated carbocycles. The Bertz CT molecular complexity index is 567. The topological polar surface area (TPSA) is 90.2 Å². The van der Waals surface area contributed by atoms with Gasteiger partial charge in [-0.2, -0.15) is 0 Å². The van der Waals surface area contributed by atoms with Crippen molar-refractivity contribution >= 4 is 0 Å². The van der Waals surface area contributed by atoms with Gasteiger partial charge in [-0.3, -0.25) is 0 Å². The van der Waals surface area contributed by atoms with Crippen LogP contribution in [0.5, 0.6) is 0 Å². The van der Waals surface area contributed by atoms with Gasteiger partial charge in [0, 0.05) is 0 Å². The maximum absolute atomic E-state index is 10.3. The zero-order valence-corrected chi connectivity index (χ0v) is 14.8. The molecule has 1 aromatic rings. The average molecular weight is 350 g/mol. The van der Waals surface area contributed by atoms with E-state index in [1.165, 1.54) is 43.2 Å². The molecule has 1 aromatic carbocycles. The summed E-state index contributed by atoms with van der Waals surface area (Å²) in [6.07, 6.45) is 2.01. The van der Waals surface area contributed by atoms with Gasteiger partial charge in [-0.05, 0) is 36.0 Å². The molecule has 5 unspecified atom stereocenters. The van der Waals surface area contributed by atoms with Crippen molar-refractivity contribution in [1.29, 1.82) is 0 Å². The Morgan fingerprint density at radius 3 is 2.40 bits per heavy atom. The summed E-state index contributed by atoms with van der Waals surface area (Å²) in [5, 5.41) is 39.7. The normalized spacial score (nSPS) is 34.2. The number of hydrogen-bond acceptors (Lipinski definition) is 5. The van der Waals surface area contributed by atoms with Crippen LogP contribution in [0.2, 0.25) is 0 Å². The summed E-state index contributed by atoms with van der Waals surface area (Å²) in [5.74, 6) is 0.706. The van der Waals surface area contributed by atoms with Crippen molar-refractivity contribution in [3.05, 3.63) is 34.9 Å². The molecule has 25 heavy (non-hydrogen) atoms. The predicted octanol–water partition coefficient (Wildman–Crippen LogP) is 1.63. The van der Waals surface area contributed by atoms with Crippen molar-refractivity contribution in [3.8, 4) is 0 Å². The second-order valence-corrected chi connectivity index (χ2v) is 7.64. The SMILES string of the molecule is Cc1ccc(C2OC(CO)C(O)C(O)C2O)cc1CC1CCCCC1. The Hall–Kier alpha value is -0.980. The molecule has 1 saturated heterocycles. The lowest BCUT2D eigenvalue weighted by Crippen LogP contribution is -2.55. The molecule has 0 bridgehead atoms. The third-order valence-electron chi connectivity index (χ3n) is 5.83. The number of aliphatic hydroxyl groups is 4. The lowest BCUT2D eigenvalue weighted by molar-refractivity contribution is -0.231. The smallest absolute Gasteiger partial charge is 0.113 e. The van der Waals surface area contributed by atoms with Gasteiger partial charge in [0.05, 0.1) is 6.61 Å². The van der Waals surface area contributed by atoms with Gasteiger partial charge >= 0.3 is 0 Å². The second-order valence-electron chi connectivity index (χ2n) is 7.64. The summed E-state index contributed by atoms with van der Waals surface area (Å²) in [4.78, 5) is 0. The summed E-state index contributed by atoms with van der Waals surface area (Å²) >= 11 is 0. The molecule has 1 aliphatic heterocycles. The highest BCUT2D eigenvalue weighted by atomic mass is 16.5. The van der Waals surface area contributed by atoms with Crippen LogP contribution >= 0.6 is 0 Å². The van der Waals surface area contributed by atoms with Crippen molar-refractivity contribution in [2.24, 2.45) is 5.92 Å². The molecule has 0 aromatic heterocycles. The summed E-state index contributed by atoms with van der Waals surface area (Å²) in [7, 11) is 0. The van der Waals surface area contributed by atoms with Crippen molar-refractivity contribution in [3.63, 3.8) is 0 Å². The van der Waals surface area contributed by atoms with E-state index in [4.69, 9.17) is 4.74 Å². The predicted molar refractivity (Wildman–Crippen MR) is 94.2 cm³/mol. The Morgan fingerprint density at radius 1 is 1.00 bits per heavy atom. The van der Waals surface area contributed by atoms with E-state index in [2.05, 4.69) is 13.0 Å². The van der Waals surface area contributed by atoms with Gasteiger partial charge in [0.15, 0.2) is 0 Å². The lowest BCUT2D eigenvalue weighted by Gasteiger charge is -2.40. The molecule has 140 valence electrons. The van der Waals surface area contributed by atoms with E-state index in [1.807, 2.05) is 12.1 Å². The van der Waals surface area contributed by atoms with Gasteiger partial charge in [-0.1, -0.05) is 50.3 Å². The highest BCUT2D eigenvalue weighted by Crippen LogP contribution is 2.34. The molecule has 3 rings (SSSR count). The van der Waals surface area contributed by atoms with E-state index in [9.17, 15) is 20.4 Å². The second kappa shape index (κ2) is 8.14. The molecular weight excluding hydrogens is 320 g/mol. The highest BCUT2D eigenvalue weighted by Gasteiger charge is 2.44.